The highest BCUT2D eigenvalue weighted by molar-refractivity contribution is 5.96. The molecule has 1 aromatic rings. The Hall–Kier alpha value is -2.42. The Balaban J connectivity index is 1.53. The number of nitrogens with zero attached hydrogens (tertiary/aromatic N) is 2. The summed E-state index contributed by atoms with van der Waals surface area (Å²) in [7, 11) is 0. The van der Waals surface area contributed by atoms with Gasteiger partial charge in [0.2, 0.25) is 5.91 Å². The molecule has 2 heterocycles. The van der Waals surface area contributed by atoms with Gasteiger partial charge < -0.3 is 20.5 Å². The van der Waals surface area contributed by atoms with E-state index in [9.17, 15) is 19.5 Å². The van der Waals surface area contributed by atoms with Crippen LogP contribution in [0.25, 0.3) is 0 Å². The summed E-state index contributed by atoms with van der Waals surface area (Å²) in [5.41, 5.74) is 0.230. The molecule has 1 saturated heterocycles. The Morgan fingerprint density at radius 2 is 2.00 bits per heavy atom. The van der Waals surface area contributed by atoms with Crippen molar-refractivity contribution in [2.75, 3.05) is 13.2 Å². The van der Waals surface area contributed by atoms with Crippen molar-refractivity contribution in [3.8, 4) is 0 Å². The summed E-state index contributed by atoms with van der Waals surface area (Å²) in [5.74, 6) is -1.99. The summed E-state index contributed by atoms with van der Waals surface area (Å²) in [6.07, 6.45) is 9.76. The predicted octanol–water partition coefficient (Wildman–Crippen LogP) is 0.942. The Bertz CT molecular complexity index is 692. The first-order chi connectivity index (χ1) is 13.5. The van der Waals surface area contributed by atoms with Gasteiger partial charge in [-0.1, -0.05) is 19.3 Å². The zero-order chi connectivity index (χ0) is 19.9. The largest absolute Gasteiger partial charge is 0.480 e. The third-order valence-electron chi connectivity index (χ3n) is 5.39. The normalized spacial score (nSPS) is 21.6. The smallest absolute Gasteiger partial charge is 0.326 e. The lowest BCUT2D eigenvalue weighted by Gasteiger charge is -2.27. The topological polar surface area (TPSA) is 123 Å². The van der Waals surface area contributed by atoms with Crippen molar-refractivity contribution in [3.63, 3.8) is 0 Å². The van der Waals surface area contributed by atoms with Gasteiger partial charge in [-0.2, -0.15) is 5.10 Å². The molecule has 2 atom stereocenters. The van der Waals surface area contributed by atoms with E-state index in [-0.39, 0.29) is 30.0 Å². The molecule has 9 nitrogen and oxygen atoms in total. The van der Waals surface area contributed by atoms with Crippen LogP contribution in [0.5, 0.6) is 0 Å². The quantitative estimate of drug-likeness (QED) is 0.635. The molecule has 3 N–H and O–H groups in total. The van der Waals surface area contributed by atoms with E-state index < -0.39 is 17.9 Å². The van der Waals surface area contributed by atoms with Crippen molar-refractivity contribution >= 4 is 17.8 Å². The number of rotatable bonds is 7. The highest BCUT2D eigenvalue weighted by atomic mass is 16.5. The molecule has 28 heavy (non-hydrogen) atoms. The van der Waals surface area contributed by atoms with Crippen LogP contribution >= 0.6 is 0 Å². The number of hydrogen-bond acceptors (Lipinski definition) is 5. The number of hydrogen-bond donors (Lipinski definition) is 3. The predicted molar refractivity (Wildman–Crippen MR) is 99.7 cm³/mol. The van der Waals surface area contributed by atoms with Crippen LogP contribution in [0.15, 0.2) is 12.4 Å². The maximum atomic E-state index is 12.4. The summed E-state index contributed by atoms with van der Waals surface area (Å²) in [6.45, 7) is 0.965. The highest BCUT2D eigenvalue weighted by Crippen LogP contribution is 2.19. The molecule has 2 fully saturated rings. The van der Waals surface area contributed by atoms with Crippen molar-refractivity contribution in [2.45, 2.75) is 63.6 Å². The van der Waals surface area contributed by atoms with E-state index in [1.807, 2.05) is 0 Å². The van der Waals surface area contributed by atoms with Crippen molar-refractivity contribution < 1.29 is 24.2 Å². The van der Waals surface area contributed by atoms with Crippen LogP contribution in [0, 0.1) is 5.92 Å². The molecule has 1 aliphatic heterocycles. The van der Waals surface area contributed by atoms with Gasteiger partial charge in [-0.15, -0.1) is 0 Å². The maximum Gasteiger partial charge on any atom is 0.326 e. The molecule has 0 radical (unpaired) electrons. The van der Waals surface area contributed by atoms with Crippen LogP contribution in [0.3, 0.4) is 0 Å². The van der Waals surface area contributed by atoms with E-state index >= 15 is 0 Å². The van der Waals surface area contributed by atoms with Crippen molar-refractivity contribution in [1.29, 1.82) is 0 Å². The van der Waals surface area contributed by atoms with Gasteiger partial charge in [0.1, 0.15) is 12.6 Å². The number of carboxylic acids is 1. The Morgan fingerprint density at radius 3 is 2.68 bits per heavy atom. The minimum Gasteiger partial charge on any atom is -0.480 e. The number of nitrogens with one attached hydrogen (secondary N) is 2. The minimum absolute atomic E-state index is 0.0304. The van der Waals surface area contributed by atoms with E-state index in [2.05, 4.69) is 15.7 Å². The lowest BCUT2D eigenvalue weighted by atomic mass is 9.93. The van der Waals surface area contributed by atoms with Crippen LogP contribution in [0.1, 0.15) is 55.3 Å². The number of amides is 2. The molecule has 0 aromatic carbocycles. The molecule has 2 aliphatic rings. The molecule has 2 unspecified atom stereocenters. The Morgan fingerprint density at radius 1 is 1.21 bits per heavy atom. The molecule has 1 aliphatic carbocycles. The monoisotopic (exact) mass is 392 g/mol. The standard InChI is InChI=1S/C19H28N4O5/c24-16(21-15-6-2-1-3-7-15)11-23-10-14(9-20-23)18(25)22-17(19(26)27)13-5-4-8-28-12-13/h9-10,13,15,17H,1-8,11-12H2,(H,21,24)(H,22,25)(H,26,27). The number of carbonyl (C=O) groups excluding carboxylic acids is 2. The zero-order valence-corrected chi connectivity index (χ0v) is 15.9. The summed E-state index contributed by atoms with van der Waals surface area (Å²) >= 11 is 0. The van der Waals surface area contributed by atoms with Gasteiger partial charge in [0, 0.05) is 24.8 Å². The number of carboxylic acid groups (broad SMARTS) is 1. The first kappa shape index (κ1) is 20.3. The molecule has 9 heteroatoms. The van der Waals surface area contributed by atoms with E-state index in [4.69, 9.17) is 4.74 Å². The van der Waals surface area contributed by atoms with Crippen LogP contribution in [-0.2, 0) is 20.9 Å². The second-order valence-corrected chi connectivity index (χ2v) is 7.60. The van der Waals surface area contributed by atoms with Crippen LogP contribution in [-0.4, -0.2) is 58.0 Å². The van der Waals surface area contributed by atoms with E-state index in [1.54, 1.807) is 0 Å². The number of aliphatic carboxylic acids is 1. The fourth-order valence-electron chi connectivity index (χ4n) is 3.87. The van der Waals surface area contributed by atoms with Gasteiger partial charge >= 0.3 is 5.97 Å². The summed E-state index contributed by atoms with van der Waals surface area (Å²) in [6, 6.07) is -0.792. The maximum absolute atomic E-state index is 12.4. The average Bonchev–Trinajstić information content (AvgIpc) is 3.15. The summed E-state index contributed by atoms with van der Waals surface area (Å²) in [5, 5.41) is 19.1. The fourth-order valence-corrected chi connectivity index (χ4v) is 3.87. The van der Waals surface area contributed by atoms with E-state index in [1.165, 1.54) is 23.5 Å². The van der Waals surface area contributed by atoms with Gasteiger partial charge in [-0.3, -0.25) is 14.3 Å². The molecule has 154 valence electrons. The molecular weight excluding hydrogens is 364 g/mol. The first-order valence-corrected chi connectivity index (χ1v) is 9.96. The van der Waals surface area contributed by atoms with Crippen molar-refractivity contribution in [2.24, 2.45) is 5.92 Å². The summed E-state index contributed by atoms with van der Waals surface area (Å²) < 4.78 is 6.73. The lowest BCUT2D eigenvalue weighted by Crippen LogP contribution is -2.48. The fraction of sp³-hybridized carbons (Fsp3) is 0.684. The number of carbonyl (C=O) groups is 3. The Labute approximate surface area is 163 Å². The Kier molecular flexibility index (Phi) is 7.02. The van der Waals surface area contributed by atoms with Gasteiger partial charge in [0.15, 0.2) is 0 Å². The first-order valence-electron chi connectivity index (χ1n) is 9.96. The second-order valence-electron chi connectivity index (χ2n) is 7.60. The SMILES string of the molecule is O=C(Cn1cc(C(=O)NC(C(=O)O)C2CCCOC2)cn1)NC1CCCCC1. The van der Waals surface area contributed by atoms with Gasteiger partial charge in [0.25, 0.3) is 5.91 Å². The number of ether oxygens (including phenoxy) is 1. The van der Waals surface area contributed by atoms with Crippen LogP contribution < -0.4 is 10.6 Å². The van der Waals surface area contributed by atoms with Crippen molar-refractivity contribution in [1.82, 2.24) is 20.4 Å². The van der Waals surface area contributed by atoms with Crippen LogP contribution in [0.2, 0.25) is 0 Å². The minimum atomic E-state index is -1.08. The molecule has 1 saturated carbocycles. The van der Waals surface area contributed by atoms with Gasteiger partial charge in [-0.05, 0) is 25.7 Å². The van der Waals surface area contributed by atoms with Crippen LogP contribution in [0.4, 0.5) is 0 Å². The average molecular weight is 392 g/mol. The highest BCUT2D eigenvalue weighted by Gasteiger charge is 2.31. The number of aromatic nitrogens is 2. The molecule has 1 aromatic heterocycles. The molecular formula is C19H28N4O5. The third-order valence-corrected chi connectivity index (χ3v) is 5.39. The van der Waals surface area contributed by atoms with E-state index in [0.717, 1.165) is 32.1 Å². The summed E-state index contributed by atoms with van der Waals surface area (Å²) in [4.78, 5) is 36.2. The van der Waals surface area contributed by atoms with E-state index in [0.29, 0.717) is 19.6 Å². The van der Waals surface area contributed by atoms with Gasteiger partial charge in [0.05, 0.1) is 18.4 Å². The molecule has 0 bridgehead atoms. The van der Waals surface area contributed by atoms with Crippen molar-refractivity contribution in [3.05, 3.63) is 18.0 Å². The lowest BCUT2D eigenvalue weighted by molar-refractivity contribution is -0.142. The molecule has 2 amide bonds. The molecule has 3 rings (SSSR count). The van der Waals surface area contributed by atoms with Gasteiger partial charge in [-0.25, -0.2) is 4.79 Å². The zero-order valence-electron chi connectivity index (χ0n) is 15.9. The second kappa shape index (κ2) is 9.68. The molecule has 0 spiro atoms. The third kappa shape index (κ3) is 5.54.